The average Bonchev–Trinajstić information content (AvgIpc) is 2.33. The van der Waals surface area contributed by atoms with E-state index in [-0.39, 0.29) is 6.10 Å². The van der Waals surface area contributed by atoms with E-state index in [0.29, 0.717) is 5.92 Å². The lowest BCUT2D eigenvalue weighted by atomic mass is 9.79. The summed E-state index contributed by atoms with van der Waals surface area (Å²) >= 11 is 0. The molecule has 0 fully saturated rings. The predicted molar refractivity (Wildman–Crippen MR) is 64.3 cm³/mol. The first-order chi connectivity index (χ1) is 7.83. The number of rotatable bonds is 4. The molecule has 16 heavy (non-hydrogen) atoms. The van der Waals surface area contributed by atoms with Gasteiger partial charge in [0.25, 0.3) is 0 Å². The van der Waals surface area contributed by atoms with Crippen molar-refractivity contribution in [2.45, 2.75) is 31.8 Å². The van der Waals surface area contributed by atoms with Crippen LogP contribution in [0.25, 0.3) is 0 Å². The molecule has 0 radical (unpaired) electrons. The molecule has 2 rings (SSSR count). The van der Waals surface area contributed by atoms with E-state index in [9.17, 15) is 5.11 Å². The monoisotopic (exact) mass is 220 g/mol. The van der Waals surface area contributed by atoms with Crippen LogP contribution in [0.2, 0.25) is 0 Å². The minimum Gasteiger partial charge on any atom is -0.388 e. The molecule has 0 amide bonds. The first kappa shape index (κ1) is 11.6. The fraction of sp³-hybridized carbons (Fsp3) is 0.571. The van der Waals surface area contributed by atoms with E-state index in [0.717, 1.165) is 37.9 Å². The molecule has 1 aromatic carbocycles. The maximum Gasteiger partial charge on any atom is 0.0820 e. The first-order valence-corrected chi connectivity index (χ1v) is 6.07. The van der Waals surface area contributed by atoms with Crippen molar-refractivity contribution in [2.24, 2.45) is 5.92 Å². The van der Waals surface area contributed by atoms with Crippen molar-refractivity contribution >= 4 is 0 Å². The summed E-state index contributed by atoms with van der Waals surface area (Å²) in [5.41, 5.74) is 2.45. The maximum atomic E-state index is 10.3. The fourth-order valence-electron chi connectivity index (χ4n) is 2.60. The topological polar surface area (TPSA) is 29.5 Å². The third kappa shape index (κ3) is 2.45. The Morgan fingerprint density at radius 3 is 3.00 bits per heavy atom. The van der Waals surface area contributed by atoms with Gasteiger partial charge in [0.1, 0.15) is 0 Å². The molecule has 1 aromatic rings. The minimum absolute atomic E-state index is 0.276. The quantitative estimate of drug-likeness (QED) is 0.791. The fourth-order valence-corrected chi connectivity index (χ4v) is 2.60. The van der Waals surface area contributed by atoms with Gasteiger partial charge >= 0.3 is 0 Å². The number of hydrogen-bond donors (Lipinski definition) is 1. The van der Waals surface area contributed by atoms with E-state index in [1.807, 2.05) is 6.07 Å². The van der Waals surface area contributed by atoms with Crippen LogP contribution in [0, 0.1) is 5.92 Å². The van der Waals surface area contributed by atoms with Crippen LogP contribution in [0.4, 0.5) is 0 Å². The van der Waals surface area contributed by atoms with Gasteiger partial charge < -0.3 is 9.84 Å². The smallest absolute Gasteiger partial charge is 0.0820 e. The van der Waals surface area contributed by atoms with E-state index in [1.54, 1.807) is 7.11 Å². The zero-order chi connectivity index (χ0) is 11.4. The van der Waals surface area contributed by atoms with Gasteiger partial charge in [0.2, 0.25) is 0 Å². The lowest BCUT2D eigenvalue weighted by molar-refractivity contribution is 0.0806. The van der Waals surface area contributed by atoms with Crippen LogP contribution >= 0.6 is 0 Å². The number of aliphatic hydroxyl groups excluding tert-OH is 1. The summed E-state index contributed by atoms with van der Waals surface area (Å²) in [7, 11) is 1.73. The van der Waals surface area contributed by atoms with Crippen LogP contribution in [-0.4, -0.2) is 18.8 Å². The molecule has 0 heterocycles. The molecule has 2 heteroatoms. The van der Waals surface area contributed by atoms with Gasteiger partial charge in [0, 0.05) is 13.7 Å². The third-order valence-electron chi connectivity index (χ3n) is 3.53. The molecule has 1 aliphatic carbocycles. The maximum absolute atomic E-state index is 10.3. The van der Waals surface area contributed by atoms with E-state index in [4.69, 9.17) is 4.74 Å². The molecule has 2 nitrogen and oxygen atoms in total. The van der Waals surface area contributed by atoms with Crippen LogP contribution in [0.5, 0.6) is 0 Å². The minimum atomic E-state index is -0.276. The van der Waals surface area contributed by atoms with Gasteiger partial charge in [-0.05, 0) is 42.7 Å². The molecular weight excluding hydrogens is 200 g/mol. The molecule has 0 bridgehead atoms. The Bertz CT molecular complexity index is 335. The second kappa shape index (κ2) is 5.46. The van der Waals surface area contributed by atoms with Crippen molar-refractivity contribution in [2.75, 3.05) is 13.7 Å². The van der Waals surface area contributed by atoms with Crippen molar-refractivity contribution in [3.63, 3.8) is 0 Å². The molecule has 0 saturated heterocycles. The van der Waals surface area contributed by atoms with Gasteiger partial charge in [-0.2, -0.15) is 0 Å². The van der Waals surface area contributed by atoms with Gasteiger partial charge in [-0.3, -0.25) is 0 Å². The summed E-state index contributed by atoms with van der Waals surface area (Å²) in [5.74, 6) is 0.407. The second-order valence-electron chi connectivity index (χ2n) is 4.58. The number of hydrogen-bond acceptors (Lipinski definition) is 2. The highest BCUT2D eigenvalue weighted by Gasteiger charge is 2.26. The summed E-state index contributed by atoms with van der Waals surface area (Å²) < 4.78 is 5.06. The van der Waals surface area contributed by atoms with Crippen molar-refractivity contribution in [1.82, 2.24) is 0 Å². The van der Waals surface area contributed by atoms with E-state index < -0.39 is 0 Å². The zero-order valence-corrected chi connectivity index (χ0v) is 9.86. The number of fused-ring (bicyclic) bond motifs is 1. The van der Waals surface area contributed by atoms with Gasteiger partial charge in [0.05, 0.1) is 6.10 Å². The number of aryl methyl sites for hydroxylation is 1. The van der Waals surface area contributed by atoms with Gasteiger partial charge in [-0.15, -0.1) is 0 Å². The van der Waals surface area contributed by atoms with Crippen LogP contribution in [0.15, 0.2) is 24.3 Å². The standard InChI is InChI=1S/C14H20O2/c1-16-10-4-6-12-9-8-11-5-2-3-7-13(11)14(12)15/h2-3,5,7,12,14-15H,4,6,8-10H2,1H3. The Labute approximate surface area is 97.3 Å². The number of aliphatic hydroxyl groups is 1. The SMILES string of the molecule is COCCCC1CCc2ccccc2C1O. The van der Waals surface area contributed by atoms with Crippen LogP contribution in [-0.2, 0) is 11.2 Å². The molecule has 1 N–H and O–H groups in total. The van der Waals surface area contributed by atoms with E-state index in [2.05, 4.69) is 18.2 Å². The Morgan fingerprint density at radius 2 is 2.19 bits per heavy atom. The van der Waals surface area contributed by atoms with Crippen molar-refractivity contribution < 1.29 is 9.84 Å². The molecule has 2 unspecified atom stereocenters. The first-order valence-electron chi connectivity index (χ1n) is 6.07. The lowest BCUT2D eigenvalue weighted by Gasteiger charge is -2.30. The second-order valence-corrected chi connectivity index (χ2v) is 4.58. The number of ether oxygens (including phenoxy) is 1. The van der Waals surface area contributed by atoms with E-state index >= 15 is 0 Å². The molecule has 1 aliphatic rings. The van der Waals surface area contributed by atoms with Gasteiger partial charge in [-0.1, -0.05) is 24.3 Å². The van der Waals surface area contributed by atoms with E-state index in [1.165, 1.54) is 5.56 Å². The summed E-state index contributed by atoms with van der Waals surface area (Å²) in [5, 5.41) is 10.3. The predicted octanol–water partition coefficient (Wildman–Crippen LogP) is 2.71. The highest BCUT2D eigenvalue weighted by Crippen LogP contribution is 2.36. The van der Waals surface area contributed by atoms with Crippen molar-refractivity contribution in [3.05, 3.63) is 35.4 Å². The molecule has 0 spiro atoms. The highest BCUT2D eigenvalue weighted by atomic mass is 16.5. The summed E-state index contributed by atoms with van der Waals surface area (Å²) in [4.78, 5) is 0. The zero-order valence-electron chi connectivity index (χ0n) is 9.86. The van der Waals surface area contributed by atoms with Gasteiger partial charge in [0.15, 0.2) is 0 Å². The molecule has 0 saturated carbocycles. The third-order valence-corrected chi connectivity index (χ3v) is 3.53. The van der Waals surface area contributed by atoms with Crippen LogP contribution in [0.3, 0.4) is 0 Å². The van der Waals surface area contributed by atoms with Crippen molar-refractivity contribution in [1.29, 1.82) is 0 Å². The molecular formula is C14H20O2. The Hall–Kier alpha value is -0.860. The summed E-state index contributed by atoms with van der Waals surface area (Å²) in [6.45, 7) is 0.796. The Balaban J connectivity index is 2.00. The normalized spacial score (nSPS) is 24.1. The summed E-state index contributed by atoms with van der Waals surface area (Å²) in [6, 6.07) is 8.25. The van der Waals surface area contributed by atoms with Crippen LogP contribution < -0.4 is 0 Å². The molecule has 88 valence electrons. The van der Waals surface area contributed by atoms with Crippen LogP contribution in [0.1, 0.15) is 36.5 Å². The Morgan fingerprint density at radius 1 is 1.38 bits per heavy atom. The average molecular weight is 220 g/mol. The number of benzene rings is 1. The summed E-state index contributed by atoms with van der Waals surface area (Å²) in [6.07, 6.45) is 4.03. The highest BCUT2D eigenvalue weighted by molar-refractivity contribution is 5.31. The van der Waals surface area contributed by atoms with Gasteiger partial charge in [-0.25, -0.2) is 0 Å². The lowest BCUT2D eigenvalue weighted by Crippen LogP contribution is -2.20. The largest absolute Gasteiger partial charge is 0.388 e. The van der Waals surface area contributed by atoms with Crippen molar-refractivity contribution in [3.8, 4) is 0 Å². The molecule has 0 aromatic heterocycles. The molecule has 2 atom stereocenters. The molecule has 0 aliphatic heterocycles. The Kier molecular flexibility index (Phi) is 3.97. The number of methoxy groups -OCH3 is 1.